The van der Waals surface area contributed by atoms with Gasteiger partial charge in [0, 0.05) is 44.5 Å². The van der Waals surface area contributed by atoms with E-state index in [2.05, 4.69) is 15.1 Å². The zero-order chi connectivity index (χ0) is 14.9. The predicted molar refractivity (Wildman–Crippen MR) is 82.9 cm³/mol. The number of carbonyl (C=O) groups is 1. The van der Waals surface area contributed by atoms with Gasteiger partial charge in [-0.3, -0.25) is 4.79 Å². The molecule has 0 aromatic carbocycles. The molecule has 1 amide bonds. The maximum Gasteiger partial charge on any atom is 0.225 e. The molecular formula is C16H19N5O. The maximum atomic E-state index is 12.1. The van der Waals surface area contributed by atoms with E-state index in [4.69, 9.17) is 0 Å². The van der Waals surface area contributed by atoms with E-state index in [1.165, 1.54) is 0 Å². The number of hydrogen-bond donors (Lipinski definition) is 0. The Kier molecular flexibility index (Phi) is 3.29. The summed E-state index contributed by atoms with van der Waals surface area (Å²) in [5, 5.41) is 8.61. The fourth-order valence-corrected chi connectivity index (χ4v) is 2.86. The highest BCUT2D eigenvalue weighted by molar-refractivity contribution is 5.81. The Morgan fingerprint density at radius 3 is 2.18 bits per heavy atom. The zero-order valence-electron chi connectivity index (χ0n) is 12.4. The van der Waals surface area contributed by atoms with Crippen molar-refractivity contribution in [1.29, 1.82) is 0 Å². The fraction of sp³-hybridized carbons (Fsp3) is 0.438. The lowest BCUT2D eigenvalue weighted by Crippen LogP contribution is -2.49. The number of anilines is 1. The van der Waals surface area contributed by atoms with Crippen LogP contribution in [0.15, 0.2) is 36.7 Å². The Balaban J connectivity index is 1.40. The second kappa shape index (κ2) is 5.44. The zero-order valence-corrected chi connectivity index (χ0v) is 12.4. The number of aromatic nitrogens is 3. The molecule has 6 heteroatoms. The lowest BCUT2D eigenvalue weighted by atomic mass is 10.2. The quantitative estimate of drug-likeness (QED) is 0.857. The van der Waals surface area contributed by atoms with Gasteiger partial charge in [0.25, 0.3) is 0 Å². The molecule has 2 aromatic heterocycles. The lowest BCUT2D eigenvalue weighted by Gasteiger charge is -2.35. The van der Waals surface area contributed by atoms with Gasteiger partial charge in [0.05, 0.1) is 0 Å². The van der Waals surface area contributed by atoms with E-state index >= 15 is 0 Å². The molecule has 0 unspecified atom stereocenters. The lowest BCUT2D eigenvalue weighted by molar-refractivity contribution is -0.132. The normalized spacial score (nSPS) is 18.5. The highest BCUT2D eigenvalue weighted by Gasteiger charge is 2.34. The van der Waals surface area contributed by atoms with Gasteiger partial charge in [-0.25, -0.2) is 0 Å². The van der Waals surface area contributed by atoms with Gasteiger partial charge in [0.2, 0.25) is 5.91 Å². The van der Waals surface area contributed by atoms with Gasteiger partial charge in [-0.2, -0.15) is 0 Å². The Bertz CT molecular complexity index is 640. The third-order valence-electron chi connectivity index (χ3n) is 4.35. The minimum absolute atomic E-state index is 0.312. The second-order valence-corrected chi connectivity index (χ2v) is 5.93. The topological polar surface area (TPSA) is 54.3 Å². The van der Waals surface area contributed by atoms with Crippen molar-refractivity contribution < 1.29 is 4.79 Å². The Hall–Kier alpha value is -2.37. The Labute approximate surface area is 129 Å². The molecule has 114 valence electrons. The van der Waals surface area contributed by atoms with Crippen molar-refractivity contribution in [3.63, 3.8) is 0 Å². The molecule has 0 N–H and O–H groups in total. The van der Waals surface area contributed by atoms with Crippen molar-refractivity contribution in [2.75, 3.05) is 31.1 Å². The van der Waals surface area contributed by atoms with E-state index in [0.717, 1.165) is 50.7 Å². The van der Waals surface area contributed by atoms with Crippen molar-refractivity contribution in [3.05, 3.63) is 36.7 Å². The summed E-state index contributed by atoms with van der Waals surface area (Å²) in [4.78, 5) is 16.2. The van der Waals surface area contributed by atoms with Crippen LogP contribution in [0, 0.1) is 5.92 Å². The smallest absolute Gasteiger partial charge is 0.225 e. The minimum atomic E-state index is 0.312. The molecule has 3 heterocycles. The number of nitrogens with zero attached hydrogens (tertiary/aromatic N) is 5. The van der Waals surface area contributed by atoms with Crippen LogP contribution < -0.4 is 4.90 Å². The molecule has 0 radical (unpaired) electrons. The second-order valence-electron chi connectivity index (χ2n) is 5.93. The molecule has 2 aliphatic rings. The molecule has 2 aromatic rings. The van der Waals surface area contributed by atoms with Crippen LogP contribution in [0.5, 0.6) is 0 Å². The number of piperazine rings is 1. The van der Waals surface area contributed by atoms with Crippen LogP contribution in [-0.2, 0) is 4.79 Å². The fourth-order valence-electron chi connectivity index (χ4n) is 2.86. The average molecular weight is 297 g/mol. The summed E-state index contributed by atoms with van der Waals surface area (Å²) in [7, 11) is 0. The third kappa shape index (κ3) is 2.56. The summed E-state index contributed by atoms with van der Waals surface area (Å²) >= 11 is 0. The minimum Gasteiger partial charge on any atom is -0.352 e. The molecule has 2 fully saturated rings. The highest BCUT2D eigenvalue weighted by atomic mass is 16.2. The predicted octanol–water partition coefficient (Wildman–Crippen LogP) is 1.33. The van der Waals surface area contributed by atoms with E-state index in [0.29, 0.717) is 11.8 Å². The van der Waals surface area contributed by atoms with Crippen molar-refractivity contribution in [1.82, 2.24) is 19.7 Å². The monoisotopic (exact) mass is 297 g/mol. The Morgan fingerprint density at radius 1 is 0.955 bits per heavy atom. The summed E-state index contributed by atoms with van der Waals surface area (Å²) in [6.07, 6.45) is 6.05. The van der Waals surface area contributed by atoms with Gasteiger partial charge in [0.1, 0.15) is 0 Å². The molecule has 6 nitrogen and oxygen atoms in total. The van der Waals surface area contributed by atoms with E-state index in [1.807, 2.05) is 46.1 Å². The van der Waals surface area contributed by atoms with Crippen LogP contribution in [0.3, 0.4) is 0 Å². The first kappa shape index (κ1) is 13.3. The first-order chi connectivity index (χ1) is 10.8. The molecule has 4 rings (SSSR count). The van der Waals surface area contributed by atoms with Gasteiger partial charge in [-0.05, 0) is 37.1 Å². The number of rotatable bonds is 3. The maximum absolute atomic E-state index is 12.1. The molecule has 1 saturated heterocycles. The van der Waals surface area contributed by atoms with E-state index < -0.39 is 0 Å². The molecule has 1 aliphatic heterocycles. The Morgan fingerprint density at radius 2 is 1.59 bits per heavy atom. The van der Waals surface area contributed by atoms with Crippen LogP contribution >= 0.6 is 0 Å². The van der Waals surface area contributed by atoms with E-state index in [-0.39, 0.29) is 0 Å². The van der Waals surface area contributed by atoms with Gasteiger partial charge in [0.15, 0.2) is 11.6 Å². The van der Waals surface area contributed by atoms with Crippen LogP contribution in [0.25, 0.3) is 5.82 Å². The van der Waals surface area contributed by atoms with E-state index in [9.17, 15) is 4.79 Å². The van der Waals surface area contributed by atoms with Crippen LogP contribution in [0.1, 0.15) is 12.8 Å². The number of amides is 1. The summed E-state index contributed by atoms with van der Waals surface area (Å²) in [5.74, 6) is 2.35. The highest BCUT2D eigenvalue weighted by Crippen LogP contribution is 2.31. The van der Waals surface area contributed by atoms with Gasteiger partial charge in [-0.15, -0.1) is 10.2 Å². The molecule has 0 atom stereocenters. The summed E-state index contributed by atoms with van der Waals surface area (Å²) in [5.41, 5.74) is 0. The van der Waals surface area contributed by atoms with Gasteiger partial charge < -0.3 is 14.4 Å². The van der Waals surface area contributed by atoms with E-state index in [1.54, 1.807) is 0 Å². The van der Waals surface area contributed by atoms with Gasteiger partial charge in [-0.1, -0.05) is 0 Å². The van der Waals surface area contributed by atoms with Crippen molar-refractivity contribution in [2.45, 2.75) is 12.8 Å². The van der Waals surface area contributed by atoms with Gasteiger partial charge >= 0.3 is 0 Å². The first-order valence-electron chi connectivity index (χ1n) is 7.82. The molecule has 0 spiro atoms. The largest absolute Gasteiger partial charge is 0.352 e. The first-order valence-corrected chi connectivity index (χ1v) is 7.82. The molecule has 0 bridgehead atoms. The average Bonchev–Trinajstić information content (AvgIpc) is 3.29. The molecule has 1 saturated carbocycles. The summed E-state index contributed by atoms with van der Waals surface area (Å²) < 4.78 is 1.93. The summed E-state index contributed by atoms with van der Waals surface area (Å²) in [6.45, 7) is 3.23. The molecular weight excluding hydrogens is 278 g/mol. The molecule has 1 aliphatic carbocycles. The van der Waals surface area contributed by atoms with Crippen LogP contribution in [0.2, 0.25) is 0 Å². The molecule has 22 heavy (non-hydrogen) atoms. The van der Waals surface area contributed by atoms with Crippen molar-refractivity contribution in [3.8, 4) is 5.82 Å². The number of hydrogen-bond acceptors (Lipinski definition) is 4. The standard InChI is InChI=1S/C16H19N5O/c22-16(13-3-4-13)21-11-9-20(10-12-21)15-6-5-14(17-18-15)19-7-1-2-8-19/h1-2,5-8,13H,3-4,9-12H2. The third-order valence-corrected chi connectivity index (χ3v) is 4.35. The van der Waals surface area contributed by atoms with Crippen molar-refractivity contribution >= 4 is 11.7 Å². The van der Waals surface area contributed by atoms with Crippen molar-refractivity contribution in [2.24, 2.45) is 5.92 Å². The summed E-state index contributed by atoms with van der Waals surface area (Å²) in [6, 6.07) is 7.90. The SMILES string of the molecule is O=C(C1CC1)N1CCN(c2ccc(-n3cccc3)nn2)CC1. The van der Waals surface area contributed by atoms with Crippen LogP contribution in [-0.4, -0.2) is 51.8 Å². The van der Waals surface area contributed by atoms with Crippen LogP contribution in [0.4, 0.5) is 5.82 Å². The number of carbonyl (C=O) groups excluding carboxylic acids is 1.